The standard InChI is InChI=1S/C22H24FN5O3/c1-22(2,3)14-8-9-17-13(10-14)11-19(23)27(17)26-20(29)25-16-6-5-7-18-15(16)12-24-28(18)21(30)31-4/h5-10,12,19H,11H2,1-4H3,(H2,25,26,29). The fourth-order valence-corrected chi connectivity index (χ4v) is 3.66. The molecular weight excluding hydrogens is 401 g/mol. The summed E-state index contributed by atoms with van der Waals surface area (Å²) in [6, 6.07) is 10.2. The van der Waals surface area contributed by atoms with Crippen molar-refractivity contribution >= 4 is 34.4 Å². The number of anilines is 2. The van der Waals surface area contributed by atoms with Crippen LogP contribution in [0.2, 0.25) is 0 Å². The molecule has 31 heavy (non-hydrogen) atoms. The monoisotopic (exact) mass is 425 g/mol. The van der Waals surface area contributed by atoms with Crippen LogP contribution in [0.5, 0.6) is 0 Å². The lowest BCUT2D eigenvalue weighted by Gasteiger charge is -2.24. The van der Waals surface area contributed by atoms with Gasteiger partial charge in [0, 0.05) is 11.8 Å². The van der Waals surface area contributed by atoms with Gasteiger partial charge < -0.3 is 10.1 Å². The summed E-state index contributed by atoms with van der Waals surface area (Å²) in [5.41, 5.74) is 6.04. The lowest BCUT2D eigenvalue weighted by molar-refractivity contribution is 0.170. The molecular formula is C22H24FN5O3. The molecule has 9 heteroatoms. The lowest BCUT2D eigenvalue weighted by Crippen LogP contribution is -2.47. The Balaban J connectivity index is 1.54. The molecule has 3 aromatic rings. The van der Waals surface area contributed by atoms with Crippen molar-refractivity contribution in [3.63, 3.8) is 0 Å². The molecule has 1 atom stereocenters. The van der Waals surface area contributed by atoms with Gasteiger partial charge in [0.05, 0.1) is 30.2 Å². The van der Waals surface area contributed by atoms with Crippen LogP contribution in [0, 0.1) is 0 Å². The Morgan fingerprint density at radius 3 is 2.71 bits per heavy atom. The van der Waals surface area contributed by atoms with Crippen LogP contribution in [-0.4, -0.2) is 35.3 Å². The number of urea groups is 1. The van der Waals surface area contributed by atoms with E-state index < -0.39 is 18.4 Å². The molecule has 0 aliphatic carbocycles. The smallest absolute Gasteiger partial charge is 0.434 e. The van der Waals surface area contributed by atoms with E-state index in [0.717, 1.165) is 15.8 Å². The summed E-state index contributed by atoms with van der Waals surface area (Å²) >= 11 is 0. The summed E-state index contributed by atoms with van der Waals surface area (Å²) < 4.78 is 20.5. The lowest BCUT2D eigenvalue weighted by atomic mass is 9.86. The predicted octanol–water partition coefficient (Wildman–Crippen LogP) is 4.34. The predicted molar refractivity (Wildman–Crippen MR) is 116 cm³/mol. The van der Waals surface area contributed by atoms with Gasteiger partial charge in [0.1, 0.15) is 0 Å². The van der Waals surface area contributed by atoms with E-state index in [0.29, 0.717) is 22.3 Å². The SMILES string of the molecule is COC(=O)n1ncc2c(NC(=O)NN3c4ccc(C(C)(C)C)cc4CC3F)cccc21. The number of rotatable bonds is 2. The second kappa shape index (κ2) is 7.57. The summed E-state index contributed by atoms with van der Waals surface area (Å²) in [4.78, 5) is 24.5. The molecule has 2 amide bonds. The number of hydrogen-bond donors (Lipinski definition) is 2. The Morgan fingerprint density at radius 2 is 2.00 bits per heavy atom. The number of ether oxygens (including phenoxy) is 1. The number of carbonyl (C=O) groups excluding carboxylic acids is 2. The minimum atomic E-state index is -1.37. The maximum Gasteiger partial charge on any atom is 0.434 e. The zero-order valence-electron chi connectivity index (χ0n) is 17.8. The summed E-state index contributed by atoms with van der Waals surface area (Å²) in [5.74, 6) is 0. The Bertz CT molecular complexity index is 1170. The van der Waals surface area contributed by atoms with E-state index in [1.807, 2.05) is 18.2 Å². The maximum atomic E-state index is 14.7. The van der Waals surface area contributed by atoms with Crippen LogP contribution in [-0.2, 0) is 16.6 Å². The number of alkyl halides is 1. The first-order valence-electron chi connectivity index (χ1n) is 9.88. The van der Waals surface area contributed by atoms with Crippen LogP contribution in [0.1, 0.15) is 31.9 Å². The number of fused-ring (bicyclic) bond motifs is 2. The first-order chi connectivity index (χ1) is 14.7. The molecule has 1 aromatic heterocycles. The van der Waals surface area contributed by atoms with Crippen molar-refractivity contribution in [1.82, 2.24) is 15.2 Å². The van der Waals surface area contributed by atoms with Crippen LogP contribution in [0.3, 0.4) is 0 Å². The van der Waals surface area contributed by atoms with E-state index in [9.17, 15) is 14.0 Å². The Morgan fingerprint density at radius 1 is 1.23 bits per heavy atom. The van der Waals surface area contributed by atoms with Crippen LogP contribution in [0.4, 0.5) is 25.4 Å². The molecule has 8 nitrogen and oxygen atoms in total. The van der Waals surface area contributed by atoms with Gasteiger partial charge in [-0.15, -0.1) is 0 Å². The van der Waals surface area contributed by atoms with Crippen molar-refractivity contribution in [2.24, 2.45) is 0 Å². The van der Waals surface area contributed by atoms with Crippen LogP contribution in [0.15, 0.2) is 42.6 Å². The first-order valence-corrected chi connectivity index (χ1v) is 9.88. The molecule has 2 aromatic carbocycles. The van der Waals surface area contributed by atoms with E-state index in [-0.39, 0.29) is 11.8 Å². The molecule has 0 saturated carbocycles. The molecule has 4 rings (SSSR count). The van der Waals surface area contributed by atoms with Crippen LogP contribution < -0.4 is 15.8 Å². The second-order valence-corrected chi connectivity index (χ2v) is 8.43. The molecule has 1 aliphatic heterocycles. The van der Waals surface area contributed by atoms with Crippen molar-refractivity contribution in [2.45, 2.75) is 38.9 Å². The highest BCUT2D eigenvalue weighted by Crippen LogP contribution is 2.35. The number of nitrogens with one attached hydrogen (secondary N) is 2. The third kappa shape index (κ3) is 3.78. The highest BCUT2D eigenvalue weighted by Gasteiger charge is 2.32. The number of methoxy groups -OCH3 is 1. The number of benzene rings is 2. The van der Waals surface area contributed by atoms with Gasteiger partial charge in [-0.05, 0) is 34.7 Å². The van der Waals surface area contributed by atoms with Crippen molar-refractivity contribution in [3.8, 4) is 0 Å². The average molecular weight is 425 g/mol. The Kier molecular flexibility index (Phi) is 5.04. The molecule has 1 unspecified atom stereocenters. The quantitative estimate of drug-likeness (QED) is 0.596. The van der Waals surface area contributed by atoms with E-state index >= 15 is 0 Å². The summed E-state index contributed by atoms with van der Waals surface area (Å²) in [7, 11) is 1.26. The zero-order valence-corrected chi connectivity index (χ0v) is 17.8. The third-order valence-electron chi connectivity index (χ3n) is 5.30. The van der Waals surface area contributed by atoms with E-state index in [1.54, 1.807) is 18.2 Å². The number of aromatic nitrogens is 2. The Labute approximate surface area is 178 Å². The molecule has 0 bridgehead atoms. The molecule has 0 spiro atoms. The van der Waals surface area contributed by atoms with Crippen LogP contribution >= 0.6 is 0 Å². The number of hydrazine groups is 1. The molecule has 2 N–H and O–H groups in total. The van der Waals surface area contributed by atoms with Crippen molar-refractivity contribution in [2.75, 3.05) is 17.4 Å². The van der Waals surface area contributed by atoms with Gasteiger partial charge in [-0.2, -0.15) is 9.78 Å². The van der Waals surface area contributed by atoms with Gasteiger partial charge in [-0.3, -0.25) is 0 Å². The van der Waals surface area contributed by atoms with Gasteiger partial charge in [-0.25, -0.2) is 24.4 Å². The maximum absolute atomic E-state index is 14.7. The van der Waals surface area contributed by atoms with Crippen molar-refractivity contribution in [3.05, 3.63) is 53.7 Å². The highest BCUT2D eigenvalue weighted by molar-refractivity contribution is 6.02. The molecule has 162 valence electrons. The molecule has 0 saturated heterocycles. The van der Waals surface area contributed by atoms with E-state index in [1.165, 1.54) is 18.3 Å². The highest BCUT2D eigenvalue weighted by atomic mass is 19.1. The average Bonchev–Trinajstić information content (AvgIpc) is 3.28. The number of amides is 2. The number of hydrogen-bond acceptors (Lipinski definition) is 5. The number of halogens is 1. The van der Waals surface area contributed by atoms with Gasteiger partial charge in [-0.1, -0.05) is 39.0 Å². The minimum absolute atomic E-state index is 0.0492. The van der Waals surface area contributed by atoms with Crippen molar-refractivity contribution < 1.29 is 18.7 Å². The molecule has 2 heterocycles. The second-order valence-electron chi connectivity index (χ2n) is 8.43. The van der Waals surface area contributed by atoms with Gasteiger partial charge in [0.2, 0.25) is 0 Å². The summed E-state index contributed by atoms with van der Waals surface area (Å²) in [6.45, 7) is 6.30. The molecule has 1 aliphatic rings. The van der Waals surface area contributed by atoms with Crippen LogP contribution in [0.25, 0.3) is 10.9 Å². The van der Waals surface area contributed by atoms with Gasteiger partial charge in [0.25, 0.3) is 0 Å². The normalized spacial score (nSPS) is 15.6. The minimum Gasteiger partial charge on any atom is -0.451 e. The van der Waals surface area contributed by atoms with E-state index in [4.69, 9.17) is 4.74 Å². The zero-order chi connectivity index (χ0) is 22.3. The largest absolute Gasteiger partial charge is 0.451 e. The molecule has 0 fully saturated rings. The fraction of sp³-hybridized carbons (Fsp3) is 0.318. The Hall–Kier alpha value is -3.62. The topological polar surface area (TPSA) is 88.5 Å². The molecule has 0 radical (unpaired) electrons. The third-order valence-corrected chi connectivity index (χ3v) is 5.30. The number of nitrogens with zero attached hydrogens (tertiary/aromatic N) is 3. The summed E-state index contributed by atoms with van der Waals surface area (Å²) in [5, 5.41) is 8.50. The van der Waals surface area contributed by atoms with E-state index in [2.05, 4.69) is 36.6 Å². The van der Waals surface area contributed by atoms with Gasteiger partial charge in [0.15, 0.2) is 6.30 Å². The first kappa shape index (κ1) is 20.6. The fourth-order valence-electron chi connectivity index (χ4n) is 3.66. The van der Waals surface area contributed by atoms with Gasteiger partial charge >= 0.3 is 12.1 Å². The number of carbonyl (C=O) groups is 2. The summed E-state index contributed by atoms with van der Waals surface area (Å²) in [6.07, 6.45) is -0.353. The van der Waals surface area contributed by atoms with Crippen molar-refractivity contribution in [1.29, 1.82) is 0 Å².